The number of benzene rings is 2. The number of nitrogens with two attached hydrogens (primary N) is 1. The molecular weight excluding hydrogens is 326 g/mol. The van der Waals surface area contributed by atoms with Crippen LogP contribution in [0.1, 0.15) is 15.2 Å². The summed E-state index contributed by atoms with van der Waals surface area (Å²) in [6, 6.07) is 15.2. The number of carbonyl (C=O) groups is 1. The Morgan fingerprint density at radius 2 is 1.96 bits per heavy atom. The van der Waals surface area contributed by atoms with Crippen molar-refractivity contribution in [3.8, 4) is 0 Å². The lowest BCUT2D eigenvalue weighted by atomic mass is 10.0. The molecule has 3 aromatic rings. The maximum Gasteiger partial charge on any atom is 0.256 e. The molecule has 0 aliphatic carbocycles. The first-order valence-electron chi connectivity index (χ1n) is 6.91. The minimum absolute atomic E-state index is 0.0101. The number of amides is 1. The Bertz CT molecular complexity index is 896. The van der Waals surface area contributed by atoms with Gasteiger partial charge in [-0.25, -0.2) is 0 Å². The lowest BCUT2D eigenvalue weighted by Crippen LogP contribution is -2.12. The lowest BCUT2D eigenvalue weighted by molar-refractivity contribution is 0.102. The Labute approximate surface area is 142 Å². The fraction of sp³-hybridized carbons (Fsp3) is 0.0588. The van der Waals surface area contributed by atoms with Crippen LogP contribution in [-0.2, 0) is 0 Å². The molecule has 0 fully saturated rings. The smallest absolute Gasteiger partial charge is 0.256 e. The van der Waals surface area contributed by atoms with Crippen molar-refractivity contribution in [2.75, 3.05) is 11.6 Å². The van der Waals surface area contributed by atoms with Gasteiger partial charge < -0.3 is 11.1 Å². The average Bonchev–Trinajstić information content (AvgIpc) is 2.97. The predicted molar refractivity (Wildman–Crippen MR) is 99.0 cm³/mol. The van der Waals surface area contributed by atoms with E-state index in [9.17, 15) is 4.79 Å². The van der Waals surface area contributed by atoms with Gasteiger partial charge in [-0.2, -0.15) is 0 Å². The molecule has 0 radical (unpaired) electrons. The van der Waals surface area contributed by atoms with Crippen LogP contribution in [0.25, 0.3) is 10.8 Å². The second-order valence-corrected chi connectivity index (χ2v) is 7.04. The van der Waals surface area contributed by atoms with Crippen LogP contribution in [0.2, 0.25) is 0 Å². The van der Waals surface area contributed by atoms with E-state index >= 15 is 0 Å². The van der Waals surface area contributed by atoms with Crippen molar-refractivity contribution < 1.29 is 4.79 Å². The normalized spacial score (nSPS) is 10.7. The van der Waals surface area contributed by atoms with Gasteiger partial charge in [0, 0.05) is 5.56 Å². The van der Waals surface area contributed by atoms with Crippen molar-refractivity contribution >= 4 is 51.3 Å². The molecule has 0 unspecified atom stereocenters. The minimum Gasteiger partial charge on any atom is -0.383 e. The van der Waals surface area contributed by atoms with E-state index in [2.05, 4.69) is 5.32 Å². The zero-order valence-corrected chi connectivity index (χ0v) is 14.1. The third-order valence-corrected chi connectivity index (χ3v) is 5.74. The largest absolute Gasteiger partial charge is 0.383 e. The van der Waals surface area contributed by atoms with Gasteiger partial charge in [0.25, 0.3) is 5.91 Å². The number of thioether (sulfide) groups is 1. The van der Waals surface area contributed by atoms with Gasteiger partial charge in [0.05, 0.1) is 14.8 Å². The molecule has 6 heteroatoms. The number of carbonyl (C=O) groups excluding carboxylic acids is 1. The fourth-order valence-electron chi connectivity index (χ4n) is 2.36. The van der Waals surface area contributed by atoms with Gasteiger partial charge in [0.15, 0.2) is 0 Å². The van der Waals surface area contributed by atoms with Gasteiger partial charge in [0.2, 0.25) is 0 Å². The quantitative estimate of drug-likeness (QED) is 0.379. The summed E-state index contributed by atoms with van der Waals surface area (Å²) in [5.41, 5.74) is 6.87. The Morgan fingerprint density at radius 1 is 1.22 bits per heavy atom. The number of nitrogens with one attached hydrogen (secondary N) is 2. The fourth-order valence-corrected chi connectivity index (χ4v) is 4.00. The number of fused-ring (bicyclic) bond motifs is 1. The summed E-state index contributed by atoms with van der Waals surface area (Å²) in [5, 5.41) is 12.4. The summed E-state index contributed by atoms with van der Waals surface area (Å²) in [6.45, 7) is 0. The van der Waals surface area contributed by atoms with E-state index in [0.29, 0.717) is 16.1 Å². The van der Waals surface area contributed by atoms with Crippen molar-refractivity contribution in [1.29, 1.82) is 5.41 Å². The first kappa shape index (κ1) is 15.6. The van der Waals surface area contributed by atoms with Gasteiger partial charge in [0.1, 0.15) is 5.84 Å². The summed E-state index contributed by atoms with van der Waals surface area (Å²) in [6.07, 6.45) is 1.93. The molecule has 0 bridgehead atoms. The average molecular weight is 341 g/mol. The minimum atomic E-state index is -0.162. The van der Waals surface area contributed by atoms with Crippen molar-refractivity contribution in [2.45, 2.75) is 4.21 Å². The monoisotopic (exact) mass is 341 g/mol. The number of hydrogen-bond donors (Lipinski definition) is 3. The molecular formula is C17H15N3OS2. The zero-order chi connectivity index (χ0) is 16.4. The number of thiophene rings is 1. The second kappa shape index (κ2) is 6.44. The molecule has 0 spiro atoms. The highest BCUT2D eigenvalue weighted by atomic mass is 32.2. The highest BCUT2D eigenvalue weighted by molar-refractivity contribution is 8.00. The molecule has 0 saturated carbocycles. The lowest BCUT2D eigenvalue weighted by Gasteiger charge is -2.08. The van der Waals surface area contributed by atoms with Gasteiger partial charge in [-0.15, -0.1) is 23.1 Å². The Hall–Kier alpha value is -2.31. The highest BCUT2D eigenvalue weighted by Crippen LogP contribution is 2.35. The van der Waals surface area contributed by atoms with E-state index < -0.39 is 0 Å². The van der Waals surface area contributed by atoms with E-state index in [4.69, 9.17) is 11.1 Å². The maximum atomic E-state index is 12.7. The van der Waals surface area contributed by atoms with E-state index in [1.54, 1.807) is 6.07 Å². The number of anilines is 1. The standard InChI is InChI=1S/C17H15N3OS2/c1-22-17-13(9-14(23-17)15(18)19)20-16(21)12-8-4-6-10-5-2-3-7-11(10)12/h2-9H,1H3,(H3,18,19)(H,20,21). The van der Waals surface area contributed by atoms with E-state index in [0.717, 1.165) is 15.0 Å². The van der Waals surface area contributed by atoms with Crippen molar-refractivity contribution in [3.63, 3.8) is 0 Å². The van der Waals surface area contributed by atoms with Crippen LogP contribution in [0.4, 0.5) is 5.69 Å². The van der Waals surface area contributed by atoms with Crippen LogP contribution in [0, 0.1) is 5.41 Å². The van der Waals surface area contributed by atoms with Crippen LogP contribution >= 0.6 is 23.1 Å². The first-order valence-corrected chi connectivity index (χ1v) is 8.95. The number of nitrogen functional groups attached to an aromatic ring is 1. The Morgan fingerprint density at radius 3 is 2.70 bits per heavy atom. The van der Waals surface area contributed by atoms with E-state index in [1.165, 1.54) is 23.1 Å². The summed E-state index contributed by atoms with van der Waals surface area (Å²) >= 11 is 2.93. The van der Waals surface area contributed by atoms with Crippen LogP contribution in [0.15, 0.2) is 52.7 Å². The van der Waals surface area contributed by atoms with Crippen LogP contribution < -0.4 is 11.1 Å². The van der Waals surface area contributed by atoms with Gasteiger partial charge in [-0.1, -0.05) is 36.4 Å². The Kier molecular flexibility index (Phi) is 4.36. The summed E-state index contributed by atoms with van der Waals surface area (Å²) in [4.78, 5) is 13.3. The third kappa shape index (κ3) is 3.09. The molecule has 2 aromatic carbocycles. The molecule has 0 saturated heterocycles. The predicted octanol–water partition coefficient (Wildman–Crippen LogP) is 4.16. The maximum absolute atomic E-state index is 12.7. The molecule has 0 aliphatic heterocycles. The Balaban J connectivity index is 1.97. The molecule has 1 aromatic heterocycles. The topological polar surface area (TPSA) is 79.0 Å². The molecule has 4 nitrogen and oxygen atoms in total. The third-order valence-electron chi connectivity index (χ3n) is 3.43. The number of hydrogen-bond acceptors (Lipinski definition) is 4. The van der Waals surface area contributed by atoms with Gasteiger partial charge in [-0.3, -0.25) is 10.2 Å². The zero-order valence-electron chi connectivity index (χ0n) is 12.4. The molecule has 1 amide bonds. The van der Waals surface area contributed by atoms with Gasteiger partial charge in [-0.05, 0) is 29.2 Å². The molecule has 0 atom stereocenters. The molecule has 23 heavy (non-hydrogen) atoms. The summed E-state index contributed by atoms with van der Waals surface area (Å²) < 4.78 is 0.934. The van der Waals surface area contributed by atoms with Crippen LogP contribution in [0.3, 0.4) is 0 Å². The number of amidine groups is 1. The molecule has 0 aliphatic rings. The first-order chi connectivity index (χ1) is 11.1. The van der Waals surface area contributed by atoms with Crippen molar-refractivity contribution in [1.82, 2.24) is 0 Å². The van der Waals surface area contributed by atoms with Crippen LogP contribution in [0.5, 0.6) is 0 Å². The van der Waals surface area contributed by atoms with Gasteiger partial charge >= 0.3 is 0 Å². The number of rotatable bonds is 4. The molecule has 3 rings (SSSR count). The second-order valence-electron chi connectivity index (χ2n) is 4.91. The molecule has 116 valence electrons. The summed E-state index contributed by atoms with van der Waals surface area (Å²) in [7, 11) is 0. The highest BCUT2D eigenvalue weighted by Gasteiger charge is 2.15. The van der Waals surface area contributed by atoms with E-state index in [-0.39, 0.29) is 11.7 Å². The molecule has 4 N–H and O–H groups in total. The van der Waals surface area contributed by atoms with Crippen molar-refractivity contribution in [2.24, 2.45) is 5.73 Å². The van der Waals surface area contributed by atoms with Crippen LogP contribution in [-0.4, -0.2) is 18.0 Å². The SMILES string of the molecule is CSc1sc(C(=N)N)cc1NC(=O)c1cccc2ccccc12. The molecule has 1 heterocycles. The van der Waals surface area contributed by atoms with Crippen molar-refractivity contribution in [3.05, 3.63) is 59.0 Å². The van der Waals surface area contributed by atoms with E-state index in [1.807, 2.05) is 48.7 Å². The summed E-state index contributed by atoms with van der Waals surface area (Å²) in [5.74, 6) is -0.152.